The number of aromatic hydroxyl groups is 1. The molecule has 0 heterocycles. The standard InChI is InChI=1S/C24H39NO4/c1-5-6-7-8-9-10-11-12-13-14-21(27)29-20-16-15-18(17-19(20)26)22(28)23(25)24(2,3)4/h15-17,23,26H,5-14,25H2,1-4H3. The summed E-state index contributed by atoms with van der Waals surface area (Å²) in [6, 6.07) is 3.62. The van der Waals surface area contributed by atoms with E-state index in [-0.39, 0.29) is 28.7 Å². The van der Waals surface area contributed by atoms with Gasteiger partial charge in [0, 0.05) is 12.0 Å². The average Bonchev–Trinajstić information content (AvgIpc) is 2.66. The molecule has 1 aromatic rings. The number of benzene rings is 1. The van der Waals surface area contributed by atoms with E-state index in [0.29, 0.717) is 12.0 Å². The van der Waals surface area contributed by atoms with Gasteiger partial charge in [-0.3, -0.25) is 9.59 Å². The minimum absolute atomic E-state index is 0.0757. The fraction of sp³-hybridized carbons (Fsp3) is 0.667. The Hall–Kier alpha value is -1.88. The molecule has 1 unspecified atom stereocenters. The highest BCUT2D eigenvalue weighted by atomic mass is 16.5. The van der Waals surface area contributed by atoms with E-state index in [1.165, 1.54) is 56.7 Å². The van der Waals surface area contributed by atoms with Crippen molar-refractivity contribution in [2.45, 2.75) is 97.9 Å². The number of ketones is 1. The van der Waals surface area contributed by atoms with Gasteiger partial charge in [0.2, 0.25) is 0 Å². The molecule has 0 saturated carbocycles. The van der Waals surface area contributed by atoms with Crippen LogP contribution in [0.3, 0.4) is 0 Å². The van der Waals surface area contributed by atoms with E-state index >= 15 is 0 Å². The zero-order valence-electron chi connectivity index (χ0n) is 18.6. The van der Waals surface area contributed by atoms with Crippen molar-refractivity contribution in [3.8, 4) is 11.5 Å². The second kappa shape index (κ2) is 12.6. The Morgan fingerprint density at radius 1 is 1.00 bits per heavy atom. The minimum atomic E-state index is -0.679. The van der Waals surface area contributed by atoms with Gasteiger partial charge in [-0.05, 0) is 30.0 Å². The van der Waals surface area contributed by atoms with Crippen LogP contribution in [-0.2, 0) is 4.79 Å². The summed E-state index contributed by atoms with van der Waals surface area (Å²) in [5.74, 6) is -0.765. The van der Waals surface area contributed by atoms with Crippen molar-refractivity contribution in [1.29, 1.82) is 0 Å². The molecule has 0 aliphatic carbocycles. The molecule has 5 nitrogen and oxygen atoms in total. The lowest BCUT2D eigenvalue weighted by atomic mass is 9.83. The van der Waals surface area contributed by atoms with Crippen molar-refractivity contribution in [2.75, 3.05) is 0 Å². The predicted molar refractivity (Wildman–Crippen MR) is 117 cm³/mol. The lowest BCUT2D eigenvalue weighted by Crippen LogP contribution is -2.42. The second-order valence-electron chi connectivity index (χ2n) is 8.94. The summed E-state index contributed by atoms with van der Waals surface area (Å²) in [6.07, 6.45) is 10.9. The first-order valence-corrected chi connectivity index (χ1v) is 11.0. The summed E-state index contributed by atoms with van der Waals surface area (Å²) in [5, 5.41) is 10.1. The quantitative estimate of drug-likeness (QED) is 0.188. The number of hydrogen-bond acceptors (Lipinski definition) is 5. The van der Waals surface area contributed by atoms with Crippen molar-refractivity contribution in [2.24, 2.45) is 11.1 Å². The van der Waals surface area contributed by atoms with Crippen molar-refractivity contribution < 1.29 is 19.4 Å². The lowest BCUT2D eigenvalue weighted by Gasteiger charge is -2.25. The summed E-state index contributed by atoms with van der Waals surface area (Å²) < 4.78 is 5.25. The Morgan fingerprint density at radius 2 is 1.55 bits per heavy atom. The number of carbonyl (C=O) groups excluding carboxylic acids is 2. The van der Waals surface area contributed by atoms with E-state index in [0.717, 1.165) is 19.3 Å². The van der Waals surface area contributed by atoms with Gasteiger partial charge in [0.05, 0.1) is 6.04 Å². The van der Waals surface area contributed by atoms with Crippen LogP contribution in [0, 0.1) is 5.41 Å². The van der Waals surface area contributed by atoms with Crippen molar-refractivity contribution in [3.05, 3.63) is 23.8 Å². The minimum Gasteiger partial charge on any atom is -0.504 e. The lowest BCUT2D eigenvalue weighted by molar-refractivity contribution is -0.134. The molecule has 0 bridgehead atoms. The van der Waals surface area contributed by atoms with E-state index in [2.05, 4.69) is 6.92 Å². The van der Waals surface area contributed by atoms with Crippen LogP contribution in [0.2, 0.25) is 0 Å². The molecule has 3 N–H and O–H groups in total. The molecule has 0 aromatic heterocycles. The number of rotatable bonds is 13. The molecule has 0 fully saturated rings. The zero-order chi connectivity index (χ0) is 21.9. The van der Waals surface area contributed by atoms with E-state index in [4.69, 9.17) is 10.5 Å². The summed E-state index contributed by atoms with van der Waals surface area (Å²) in [7, 11) is 0. The first-order chi connectivity index (χ1) is 13.7. The van der Waals surface area contributed by atoms with Crippen LogP contribution in [0.15, 0.2) is 18.2 Å². The first-order valence-electron chi connectivity index (χ1n) is 11.0. The third-order valence-corrected chi connectivity index (χ3v) is 5.17. The van der Waals surface area contributed by atoms with Crippen LogP contribution in [0.1, 0.15) is 102 Å². The largest absolute Gasteiger partial charge is 0.504 e. The second-order valence-corrected chi connectivity index (χ2v) is 8.94. The number of unbranched alkanes of at least 4 members (excludes halogenated alkanes) is 8. The van der Waals surface area contributed by atoms with Crippen LogP contribution in [0.25, 0.3) is 0 Å². The Kier molecular flexibility index (Phi) is 11.0. The van der Waals surface area contributed by atoms with E-state index in [9.17, 15) is 14.7 Å². The molecule has 29 heavy (non-hydrogen) atoms. The number of hydrogen-bond donors (Lipinski definition) is 2. The van der Waals surface area contributed by atoms with Crippen LogP contribution < -0.4 is 10.5 Å². The molecular weight excluding hydrogens is 366 g/mol. The van der Waals surface area contributed by atoms with Crippen LogP contribution in [0.4, 0.5) is 0 Å². The maximum atomic E-state index is 12.4. The molecule has 0 amide bonds. The smallest absolute Gasteiger partial charge is 0.311 e. The summed E-state index contributed by atoms with van der Waals surface area (Å²) in [4.78, 5) is 24.4. The van der Waals surface area contributed by atoms with Gasteiger partial charge < -0.3 is 15.6 Å². The van der Waals surface area contributed by atoms with Gasteiger partial charge in [0.15, 0.2) is 17.3 Å². The zero-order valence-corrected chi connectivity index (χ0v) is 18.6. The Morgan fingerprint density at radius 3 is 2.07 bits per heavy atom. The van der Waals surface area contributed by atoms with Crippen molar-refractivity contribution in [1.82, 2.24) is 0 Å². The summed E-state index contributed by atoms with van der Waals surface area (Å²) in [6.45, 7) is 7.88. The number of carbonyl (C=O) groups is 2. The molecular formula is C24H39NO4. The normalized spacial score (nSPS) is 12.6. The molecule has 0 spiro atoms. The Balaban J connectivity index is 2.38. The fourth-order valence-electron chi connectivity index (χ4n) is 3.08. The Bertz CT molecular complexity index is 649. The molecule has 0 aliphatic rings. The first kappa shape index (κ1) is 25.2. The van der Waals surface area contributed by atoms with Crippen LogP contribution >= 0.6 is 0 Å². The summed E-state index contributed by atoms with van der Waals surface area (Å²) >= 11 is 0. The highest BCUT2D eigenvalue weighted by Gasteiger charge is 2.28. The number of phenols is 1. The topological polar surface area (TPSA) is 89.6 Å². The molecule has 164 valence electrons. The SMILES string of the molecule is CCCCCCCCCCCC(=O)Oc1ccc(C(=O)C(N)C(C)(C)C)cc1O. The van der Waals surface area contributed by atoms with Gasteiger partial charge in [-0.2, -0.15) is 0 Å². The monoisotopic (exact) mass is 405 g/mol. The van der Waals surface area contributed by atoms with E-state index in [1.807, 2.05) is 20.8 Å². The van der Waals surface area contributed by atoms with Crippen molar-refractivity contribution in [3.63, 3.8) is 0 Å². The third-order valence-electron chi connectivity index (χ3n) is 5.17. The molecule has 1 atom stereocenters. The van der Waals surface area contributed by atoms with Crippen molar-refractivity contribution >= 4 is 11.8 Å². The van der Waals surface area contributed by atoms with Gasteiger partial charge in [-0.15, -0.1) is 0 Å². The number of Topliss-reactive ketones (excluding diaryl/α,β-unsaturated/α-hetero) is 1. The van der Waals surface area contributed by atoms with Gasteiger partial charge in [-0.25, -0.2) is 0 Å². The van der Waals surface area contributed by atoms with E-state index < -0.39 is 6.04 Å². The predicted octanol–water partition coefficient (Wildman–Crippen LogP) is 5.77. The highest BCUT2D eigenvalue weighted by Crippen LogP contribution is 2.29. The van der Waals surface area contributed by atoms with Gasteiger partial charge >= 0.3 is 5.97 Å². The van der Waals surface area contributed by atoms with Gasteiger partial charge in [-0.1, -0.05) is 79.1 Å². The number of ether oxygens (including phenoxy) is 1. The maximum absolute atomic E-state index is 12.4. The Labute approximate surface area is 176 Å². The summed E-state index contributed by atoms with van der Waals surface area (Å²) in [5.41, 5.74) is 5.93. The molecule has 0 radical (unpaired) electrons. The van der Waals surface area contributed by atoms with Crippen LogP contribution in [-0.4, -0.2) is 22.9 Å². The molecule has 1 rings (SSSR count). The average molecular weight is 406 g/mol. The molecule has 1 aromatic carbocycles. The number of phenolic OH excluding ortho intramolecular Hbond substituents is 1. The third kappa shape index (κ3) is 9.44. The fourth-order valence-corrected chi connectivity index (χ4v) is 3.08. The van der Waals surface area contributed by atoms with Gasteiger partial charge in [0.1, 0.15) is 0 Å². The number of nitrogens with two attached hydrogens (primary N) is 1. The molecule has 0 aliphatic heterocycles. The van der Waals surface area contributed by atoms with Gasteiger partial charge in [0.25, 0.3) is 0 Å². The van der Waals surface area contributed by atoms with Crippen LogP contribution in [0.5, 0.6) is 11.5 Å². The highest BCUT2D eigenvalue weighted by molar-refractivity contribution is 6.01. The maximum Gasteiger partial charge on any atom is 0.311 e. The molecule has 0 saturated heterocycles. The molecule has 5 heteroatoms. The van der Waals surface area contributed by atoms with E-state index in [1.54, 1.807) is 0 Å². The number of esters is 1.